The molecule has 3 atom stereocenters. The van der Waals surface area contributed by atoms with Gasteiger partial charge in [-0.05, 0) is 56.0 Å². The van der Waals surface area contributed by atoms with E-state index in [0.717, 1.165) is 17.9 Å². The van der Waals surface area contributed by atoms with Gasteiger partial charge in [-0.15, -0.1) is 0 Å². The number of piperidine rings is 1. The first kappa shape index (κ1) is 14.8. The molecule has 2 aliphatic rings. The van der Waals surface area contributed by atoms with Crippen LogP contribution in [0.2, 0.25) is 0 Å². The summed E-state index contributed by atoms with van der Waals surface area (Å²) < 4.78 is 0. The van der Waals surface area contributed by atoms with E-state index in [4.69, 9.17) is 0 Å². The summed E-state index contributed by atoms with van der Waals surface area (Å²) in [5, 5.41) is 0. The summed E-state index contributed by atoms with van der Waals surface area (Å²) in [5.74, 6) is 1.78. The van der Waals surface area contributed by atoms with Gasteiger partial charge in [0.25, 0.3) is 0 Å². The Morgan fingerprint density at radius 1 is 1.14 bits per heavy atom. The van der Waals surface area contributed by atoms with Gasteiger partial charge in [0.15, 0.2) is 0 Å². The van der Waals surface area contributed by atoms with Gasteiger partial charge in [0.05, 0.1) is 0 Å². The van der Waals surface area contributed by atoms with Crippen LogP contribution in [-0.2, 0) is 6.42 Å². The Bertz CT molecular complexity index is 450. The molecule has 0 N–H and O–H groups in total. The molecule has 0 spiro atoms. The highest BCUT2D eigenvalue weighted by Gasteiger charge is 2.38. The normalized spacial score (nSPS) is 29.9. The average molecular weight is 283 g/mol. The number of nitrogens with zero attached hydrogens (tertiary/aromatic N) is 1. The van der Waals surface area contributed by atoms with Crippen LogP contribution in [0.5, 0.6) is 0 Å². The van der Waals surface area contributed by atoms with E-state index >= 15 is 0 Å². The lowest BCUT2D eigenvalue weighted by Crippen LogP contribution is -2.51. The fourth-order valence-electron chi connectivity index (χ4n) is 4.32. The van der Waals surface area contributed by atoms with E-state index in [2.05, 4.69) is 54.3 Å². The van der Waals surface area contributed by atoms with Gasteiger partial charge in [0.2, 0.25) is 0 Å². The molecule has 0 radical (unpaired) electrons. The van der Waals surface area contributed by atoms with E-state index in [1.165, 1.54) is 57.2 Å². The van der Waals surface area contributed by atoms with Crippen LogP contribution in [-0.4, -0.2) is 24.0 Å². The summed E-state index contributed by atoms with van der Waals surface area (Å²) in [6.45, 7) is 4.80. The predicted molar refractivity (Wildman–Crippen MR) is 90.4 cm³/mol. The van der Waals surface area contributed by atoms with Crippen LogP contribution < -0.4 is 0 Å². The van der Waals surface area contributed by atoms with Crippen molar-refractivity contribution in [3.05, 3.63) is 48.0 Å². The van der Waals surface area contributed by atoms with Crippen LogP contribution in [0, 0.1) is 11.8 Å². The number of hydrogen-bond acceptors (Lipinski definition) is 1. The number of rotatable bonds is 5. The molecule has 21 heavy (non-hydrogen) atoms. The molecule has 2 fully saturated rings. The van der Waals surface area contributed by atoms with Gasteiger partial charge >= 0.3 is 0 Å². The Morgan fingerprint density at radius 3 is 2.81 bits per heavy atom. The lowest BCUT2D eigenvalue weighted by Gasteiger charge is -2.48. The molecule has 1 aromatic carbocycles. The second-order valence-electron chi connectivity index (χ2n) is 6.73. The fraction of sp³-hybridized carbons (Fsp3) is 0.600. The molecule has 0 amide bonds. The number of benzene rings is 1. The average Bonchev–Trinajstić information content (AvgIpc) is 2.53. The van der Waals surface area contributed by atoms with Crippen molar-refractivity contribution in [1.82, 2.24) is 4.90 Å². The van der Waals surface area contributed by atoms with Gasteiger partial charge < -0.3 is 0 Å². The van der Waals surface area contributed by atoms with E-state index in [1.807, 2.05) is 0 Å². The molecule has 3 unspecified atom stereocenters. The third kappa shape index (κ3) is 3.58. The largest absolute Gasteiger partial charge is 0.299 e. The Kier molecular flexibility index (Phi) is 5.13. The Morgan fingerprint density at radius 2 is 2.00 bits per heavy atom. The molecule has 1 saturated carbocycles. The highest BCUT2D eigenvalue weighted by molar-refractivity contribution is 5.15. The van der Waals surface area contributed by atoms with E-state index in [1.54, 1.807) is 0 Å². The summed E-state index contributed by atoms with van der Waals surface area (Å²) in [4.78, 5) is 2.79. The van der Waals surface area contributed by atoms with E-state index < -0.39 is 0 Å². The summed E-state index contributed by atoms with van der Waals surface area (Å²) in [6.07, 6.45) is 13.0. The van der Waals surface area contributed by atoms with Gasteiger partial charge in [0.1, 0.15) is 0 Å². The molecule has 1 aliphatic carbocycles. The minimum atomic E-state index is 0.809. The first-order valence-electron chi connectivity index (χ1n) is 8.83. The topological polar surface area (TPSA) is 3.24 Å². The molecule has 3 rings (SSSR count). The number of hydrogen-bond donors (Lipinski definition) is 0. The van der Waals surface area contributed by atoms with Crippen LogP contribution in [0.3, 0.4) is 0 Å². The maximum atomic E-state index is 2.79. The van der Waals surface area contributed by atoms with Crippen LogP contribution in [0.15, 0.2) is 42.5 Å². The first-order valence-corrected chi connectivity index (χ1v) is 8.83. The maximum absolute atomic E-state index is 2.79. The van der Waals surface area contributed by atoms with Crippen LogP contribution in [0.4, 0.5) is 0 Å². The molecule has 1 nitrogen and oxygen atoms in total. The maximum Gasteiger partial charge on any atom is 0.0161 e. The zero-order valence-corrected chi connectivity index (χ0v) is 13.4. The Labute approximate surface area is 130 Å². The lowest BCUT2D eigenvalue weighted by atomic mass is 9.70. The molecule has 1 heteroatoms. The van der Waals surface area contributed by atoms with Gasteiger partial charge in [-0.3, -0.25) is 4.90 Å². The molecule has 1 saturated heterocycles. The standard InChI is InChI=1S/C20H29N/c1-2-3-11-19-18-10-7-12-20(19)21(16-14-18)15-13-17-8-5-4-6-9-17/h3-6,8-9,11,18-20H,2,7,10,12-16H2,1H3/b11-3+. The second-order valence-corrected chi connectivity index (χ2v) is 6.73. The molecular formula is C20H29N. The summed E-state index contributed by atoms with van der Waals surface area (Å²) in [6, 6.07) is 11.8. The van der Waals surface area contributed by atoms with Crippen molar-refractivity contribution in [2.45, 2.75) is 51.5 Å². The lowest BCUT2D eigenvalue weighted by molar-refractivity contribution is 0.0348. The first-order chi connectivity index (χ1) is 10.4. The summed E-state index contributed by atoms with van der Waals surface area (Å²) in [5.41, 5.74) is 1.48. The van der Waals surface area contributed by atoms with Crippen LogP contribution >= 0.6 is 0 Å². The van der Waals surface area contributed by atoms with E-state index in [0.29, 0.717) is 0 Å². The molecule has 1 aromatic rings. The smallest absolute Gasteiger partial charge is 0.0161 e. The molecule has 2 bridgehead atoms. The van der Waals surface area contributed by atoms with E-state index in [9.17, 15) is 0 Å². The zero-order chi connectivity index (χ0) is 14.5. The van der Waals surface area contributed by atoms with Crippen molar-refractivity contribution < 1.29 is 0 Å². The highest BCUT2D eigenvalue weighted by atomic mass is 15.2. The minimum Gasteiger partial charge on any atom is -0.299 e. The monoisotopic (exact) mass is 283 g/mol. The number of likely N-dealkylation sites (tertiary alicyclic amines) is 1. The summed E-state index contributed by atoms with van der Waals surface area (Å²) in [7, 11) is 0. The van der Waals surface area contributed by atoms with Crippen molar-refractivity contribution in [2.75, 3.05) is 13.1 Å². The number of allylic oxidation sites excluding steroid dienone is 1. The zero-order valence-electron chi connectivity index (χ0n) is 13.4. The van der Waals surface area contributed by atoms with Crippen molar-refractivity contribution in [3.63, 3.8) is 0 Å². The quantitative estimate of drug-likeness (QED) is 0.709. The minimum absolute atomic E-state index is 0.809. The summed E-state index contributed by atoms with van der Waals surface area (Å²) >= 11 is 0. The second kappa shape index (κ2) is 7.26. The van der Waals surface area contributed by atoms with Crippen molar-refractivity contribution >= 4 is 0 Å². The number of fused-ring (bicyclic) bond motifs is 2. The Hall–Kier alpha value is -1.08. The molecule has 1 heterocycles. The highest BCUT2D eigenvalue weighted by Crippen LogP contribution is 2.40. The van der Waals surface area contributed by atoms with E-state index in [-0.39, 0.29) is 0 Å². The third-order valence-corrected chi connectivity index (χ3v) is 5.44. The Balaban J connectivity index is 1.63. The molecular weight excluding hydrogens is 254 g/mol. The van der Waals surface area contributed by atoms with Gasteiger partial charge in [-0.2, -0.15) is 0 Å². The van der Waals surface area contributed by atoms with Gasteiger partial charge in [-0.25, -0.2) is 0 Å². The van der Waals surface area contributed by atoms with Crippen molar-refractivity contribution in [2.24, 2.45) is 11.8 Å². The van der Waals surface area contributed by atoms with Crippen molar-refractivity contribution in [3.8, 4) is 0 Å². The van der Waals surface area contributed by atoms with Crippen molar-refractivity contribution in [1.29, 1.82) is 0 Å². The SMILES string of the molecule is CC/C=C/C1C2CCCC1N(CCc1ccccc1)CC2. The van der Waals surface area contributed by atoms with Crippen LogP contribution in [0.1, 0.15) is 44.6 Å². The fourth-order valence-corrected chi connectivity index (χ4v) is 4.32. The molecule has 1 aliphatic heterocycles. The third-order valence-electron chi connectivity index (χ3n) is 5.44. The van der Waals surface area contributed by atoms with Gasteiger partial charge in [-0.1, -0.05) is 55.8 Å². The predicted octanol–water partition coefficient (Wildman–Crippen LogP) is 4.69. The van der Waals surface area contributed by atoms with Gasteiger partial charge in [0, 0.05) is 12.6 Å². The molecule has 0 aromatic heterocycles. The van der Waals surface area contributed by atoms with Crippen LogP contribution in [0.25, 0.3) is 0 Å². The molecule has 114 valence electrons.